The van der Waals surface area contributed by atoms with E-state index in [2.05, 4.69) is 31.5 Å². The molecule has 0 atom stereocenters. The zero-order valence-electron chi connectivity index (χ0n) is 17.3. The van der Waals surface area contributed by atoms with Crippen molar-refractivity contribution in [1.82, 2.24) is 35.1 Å². The number of hydrogen-bond donors (Lipinski definition) is 1. The summed E-state index contributed by atoms with van der Waals surface area (Å²) in [6.07, 6.45) is 4.39. The van der Waals surface area contributed by atoms with Gasteiger partial charge < -0.3 is 14.8 Å². The molecule has 0 saturated carbocycles. The van der Waals surface area contributed by atoms with Crippen molar-refractivity contribution in [2.75, 3.05) is 13.7 Å². The van der Waals surface area contributed by atoms with Crippen LogP contribution in [0.3, 0.4) is 0 Å². The smallest absolute Gasteiger partial charge is 0.192 e. The second kappa shape index (κ2) is 7.81. The van der Waals surface area contributed by atoms with Crippen molar-refractivity contribution in [3.63, 3.8) is 0 Å². The Hall–Kier alpha value is -3.63. The second-order valence-corrected chi connectivity index (χ2v) is 8.57. The van der Waals surface area contributed by atoms with Gasteiger partial charge in [0.05, 0.1) is 23.7 Å². The summed E-state index contributed by atoms with van der Waals surface area (Å²) in [4.78, 5) is 11.4. The van der Waals surface area contributed by atoms with Crippen molar-refractivity contribution in [2.24, 2.45) is 0 Å². The summed E-state index contributed by atoms with van der Waals surface area (Å²) < 4.78 is 13.0. The van der Waals surface area contributed by atoms with Gasteiger partial charge in [-0.2, -0.15) is 9.61 Å². The van der Waals surface area contributed by atoms with E-state index in [0.717, 1.165) is 30.1 Å². The first-order valence-corrected chi connectivity index (χ1v) is 11.1. The highest BCUT2D eigenvalue weighted by molar-refractivity contribution is 7.15. The van der Waals surface area contributed by atoms with E-state index < -0.39 is 0 Å². The highest BCUT2D eigenvalue weighted by atomic mass is 32.1. The lowest BCUT2D eigenvalue weighted by molar-refractivity contribution is 0.295. The molecule has 0 bridgehead atoms. The van der Waals surface area contributed by atoms with Crippen molar-refractivity contribution < 1.29 is 9.47 Å². The van der Waals surface area contributed by atoms with Gasteiger partial charge in [-0.3, -0.25) is 4.98 Å². The number of nitrogens with one attached hydrogen (secondary N) is 1. The lowest BCUT2D eigenvalue weighted by atomic mass is 10.1. The lowest BCUT2D eigenvalue weighted by Gasteiger charge is -2.10. The van der Waals surface area contributed by atoms with Gasteiger partial charge in [0.2, 0.25) is 0 Å². The van der Waals surface area contributed by atoms with Crippen molar-refractivity contribution in [3.8, 4) is 22.1 Å². The third-order valence-corrected chi connectivity index (χ3v) is 6.69. The predicted octanol–water partition coefficient (Wildman–Crippen LogP) is 3.03. The molecule has 0 fully saturated rings. The van der Waals surface area contributed by atoms with E-state index in [1.54, 1.807) is 41.4 Å². The summed E-state index contributed by atoms with van der Waals surface area (Å²) in [5.41, 5.74) is 4.30. The number of pyridine rings is 2. The lowest BCUT2D eigenvalue weighted by Crippen LogP contribution is -2.21. The average molecular weight is 446 g/mol. The van der Waals surface area contributed by atoms with Crippen LogP contribution in [0, 0.1) is 0 Å². The molecule has 0 spiro atoms. The number of nitrogens with zero attached hydrogens (tertiary/aromatic N) is 6. The quantitative estimate of drug-likeness (QED) is 0.441. The number of thiophene rings is 1. The van der Waals surface area contributed by atoms with Gasteiger partial charge in [-0.05, 0) is 30.2 Å². The first-order valence-electron chi connectivity index (χ1n) is 10.2. The van der Waals surface area contributed by atoms with Crippen molar-refractivity contribution >= 4 is 28.0 Å². The number of methoxy groups -OCH3 is 1. The Morgan fingerprint density at radius 2 is 2.12 bits per heavy atom. The second-order valence-electron chi connectivity index (χ2n) is 7.43. The Morgan fingerprint density at radius 3 is 3.03 bits per heavy atom. The Morgan fingerprint density at radius 1 is 1.16 bits per heavy atom. The van der Waals surface area contributed by atoms with E-state index in [1.807, 2.05) is 18.2 Å². The number of aromatic nitrogens is 6. The Labute approximate surface area is 187 Å². The molecule has 9 nitrogen and oxygen atoms in total. The van der Waals surface area contributed by atoms with Crippen LogP contribution in [0.15, 0.2) is 42.7 Å². The fourth-order valence-electron chi connectivity index (χ4n) is 3.79. The van der Waals surface area contributed by atoms with Crippen molar-refractivity contribution in [3.05, 3.63) is 59.0 Å². The molecule has 0 saturated heterocycles. The van der Waals surface area contributed by atoms with Crippen molar-refractivity contribution in [1.29, 1.82) is 0 Å². The molecule has 0 aromatic carbocycles. The van der Waals surface area contributed by atoms with Crippen LogP contribution in [-0.4, -0.2) is 43.4 Å². The fraction of sp³-hybridized carbons (Fsp3) is 0.227. The maximum atomic E-state index is 6.04. The summed E-state index contributed by atoms with van der Waals surface area (Å²) in [5.74, 6) is 1.88. The Bertz CT molecular complexity index is 1420. The fourth-order valence-corrected chi connectivity index (χ4v) is 4.94. The number of fused-ring (bicyclic) bond motifs is 3. The summed E-state index contributed by atoms with van der Waals surface area (Å²) in [6, 6.07) is 9.77. The molecule has 1 aliphatic heterocycles. The first-order chi connectivity index (χ1) is 15.8. The third-order valence-electron chi connectivity index (χ3n) is 5.43. The van der Waals surface area contributed by atoms with Crippen LogP contribution in [0.5, 0.6) is 11.5 Å². The van der Waals surface area contributed by atoms with Crippen LogP contribution in [0.2, 0.25) is 0 Å². The van der Waals surface area contributed by atoms with Crippen LogP contribution < -0.4 is 14.8 Å². The van der Waals surface area contributed by atoms with Gasteiger partial charge in [-0.1, -0.05) is 0 Å². The maximum absolute atomic E-state index is 6.04. The number of rotatable bonds is 5. The van der Waals surface area contributed by atoms with Crippen LogP contribution in [0.1, 0.15) is 16.3 Å². The van der Waals surface area contributed by atoms with Gasteiger partial charge in [0.25, 0.3) is 0 Å². The van der Waals surface area contributed by atoms with Crippen molar-refractivity contribution in [2.45, 2.75) is 19.6 Å². The van der Waals surface area contributed by atoms with E-state index in [-0.39, 0.29) is 6.61 Å². The molecule has 0 aliphatic carbocycles. The standard InChI is InChI=1S/C22H19N7O2S/c1-30-14-9-16-22(25-11-14)17(4-7-24-16)31-12-21-27-26-20-3-2-15(28-29(20)21)19-8-13-10-23-6-5-18(13)32-19/h2-4,7-9,11,23H,5-6,10,12H2,1H3. The van der Waals surface area contributed by atoms with E-state index in [4.69, 9.17) is 14.6 Å². The normalized spacial score (nSPS) is 13.4. The summed E-state index contributed by atoms with van der Waals surface area (Å²) in [5, 5.41) is 16.7. The molecule has 5 aromatic rings. The minimum absolute atomic E-state index is 0.204. The first kappa shape index (κ1) is 19.1. The molecule has 160 valence electrons. The molecular formula is C22H19N7O2S. The maximum Gasteiger partial charge on any atom is 0.192 e. The van der Waals surface area contributed by atoms with Gasteiger partial charge >= 0.3 is 0 Å². The topological polar surface area (TPSA) is 99.3 Å². The highest BCUT2D eigenvalue weighted by Gasteiger charge is 2.16. The molecule has 6 rings (SSSR count). The third kappa shape index (κ3) is 3.33. The zero-order valence-corrected chi connectivity index (χ0v) is 18.1. The number of hydrogen-bond acceptors (Lipinski definition) is 9. The van der Waals surface area contributed by atoms with Gasteiger partial charge in [0, 0.05) is 36.3 Å². The average Bonchev–Trinajstić information content (AvgIpc) is 3.46. The molecular weight excluding hydrogens is 426 g/mol. The van der Waals surface area contributed by atoms with Gasteiger partial charge in [0.1, 0.15) is 29.3 Å². The molecule has 5 aromatic heterocycles. The minimum atomic E-state index is 0.204. The molecule has 1 N–H and O–H groups in total. The van der Waals surface area contributed by atoms with E-state index in [0.29, 0.717) is 34.0 Å². The molecule has 6 heterocycles. The minimum Gasteiger partial charge on any atom is -0.495 e. The zero-order chi connectivity index (χ0) is 21.5. The number of ether oxygens (including phenoxy) is 2. The molecule has 0 radical (unpaired) electrons. The molecule has 10 heteroatoms. The van der Waals surface area contributed by atoms with Crippen LogP contribution >= 0.6 is 11.3 Å². The summed E-state index contributed by atoms with van der Waals surface area (Å²) in [7, 11) is 1.60. The Balaban J connectivity index is 1.30. The summed E-state index contributed by atoms with van der Waals surface area (Å²) in [6.45, 7) is 2.15. The molecule has 0 unspecified atom stereocenters. The molecule has 0 amide bonds. The Kier molecular flexibility index (Phi) is 4.66. The SMILES string of the molecule is COc1cnc2c(OCc3nnc4ccc(-c5cc6c(s5)CCNC6)nn34)ccnc2c1. The van der Waals surface area contributed by atoms with Gasteiger partial charge in [-0.15, -0.1) is 21.5 Å². The largest absolute Gasteiger partial charge is 0.495 e. The predicted molar refractivity (Wildman–Crippen MR) is 120 cm³/mol. The molecule has 1 aliphatic rings. The monoisotopic (exact) mass is 445 g/mol. The highest BCUT2D eigenvalue weighted by Crippen LogP contribution is 2.32. The van der Waals surface area contributed by atoms with Gasteiger partial charge in [-0.25, -0.2) is 4.98 Å². The van der Waals surface area contributed by atoms with E-state index in [9.17, 15) is 0 Å². The van der Waals surface area contributed by atoms with Gasteiger partial charge in [0.15, 0.2) is 11.5 Å². The van der Waals surface area contributed by atoms with Crippen LogP contribution in [0.4, 0.5) is 0 Å². The molecule has 32 heavy (non-hydrogen) atoms. The van der Waals surface area contributed by atoms with E-state index in [1.165, 1.54) is 10.4 Å². The summed E-state index contributed by atoms with van der Waals surface area (Å²) >= 11 is 1.81. The van der Waals surface area contributed by atoms with Crippen LogP contribution in [0.25, 0.3) is 27.3 Å². The van der Waals surface area contributed by atoms with Crippen LogP contribution in [-0.2, 0) is 19.6 Å². The van der Waals surface area contributed by atoms with E-state index >= 15 is 0 Å².